The Morgan fingerprint density at radius 1 is 1.56 bits per heavy atom. The van der Waals surface area contributed by atoms with Crippen molar-refractivity contribution in [3.05, 3.63) is 0 Å². The first-order chi connectivity index (χ1) is 8.24. The molecule has 0 spiro atoms. The molecule has 0 aromatic rings. The van der Waals surface area contributed by atoms with E-state index in [1.54, 1.807) is 0 Å². The number of carbonyl (C=O) groups is 2. The van der Waals surface area contributed by atoms with E-state index in [2.05, 4.69) is 0 Å². The zero-order valence-electron chi connectivity index (χ0n) is 11.0. The molecule has 1 amide bonds. The van der Waals surface area contributed by atoms with Crippen LogP contribution in [0.5, 0.6) is 0 Å². The number of hydrogen-bond acceptors (Lipinski definition) is 4. The van der Waals surface area contributed by atoms with E-state index in [-0.39, 0.29) is 38.0 Å². The third-order valence-corrected chi connectivity index (χ3v) is 2.83. The Bertz CT molecular complexity index is 323. The average Bonchev–Trinajstić information content (AvgIpc) is 2.58. The molecule has 1 aliphatic rings. The molecule has 2 N–H and O–H groups in total. The first-order valence-corrected chi connectivity index (χ1v) is 6.01. The lowest BCUT2D eigenvalue weighted by Gasteiger charge is -2.28. The van der Waals surface area contributed by atoms with Crippen LogP contribution in [0.3, 0.4) is 0 Å². The van der Waals surface area contributed by atoms with Crippen LogP contribution in [0.1, 0.15) is 27.2 Å². The van der Waals surface area contributed by atoms with Crippen molar-refractivity contribution in [3.63, 3.8) is 0 Å². The van der Waals surface area contributed by atoms with E-state index in [0.717, 1.165) is 0 Å². The van der Waals surface area contributed by atoms with Crippen LogP contribution in [0.15, 0.2) is 0 Å². The maximum atomic E-state index is 11.7. The second-order valence-corrected chi connectivity index (χ2v) is 5.58. The predicted molar refractivity (Wildman–Crippen MR) is 64.0 cm³/mol. The molecule has 1 saturated heterocycles. The van der Waals surface area contributed by atoms with Crippen molar-refractivity contribution in [1.82, 2.24) is 4.90 Å². The number of ether oxygens (including phenoxy) is 1. The highest BCUT2D eigenvalue weighted by atomic mass is 16.5. The molecule has 6 heteroatoms. The van der Waals surface area contributed by atoms with Gasteiger partial charge >= 0.3 is 5.97 Å². The Morgan fingerprint density at radius 3 is 2.56 bits per heavy atom. The van der Waals surface area contributed by atoms with Crippen molar-refractivity contribution in [2.24, 2.45) is 5.92 Å². The van der Waals surface area contributed by atoms with Gasteiger partial charge in [-0.15, -0.1) is 0 Å². The molecular weight excluding hydrogens is 238 g/mol. The van der Waals surface area contributed by atoms with E-state index in [1.807, 2.05) is 20.8 Å². The van der Waals surface area contributed by atoms with Gasteiger partial charge in [-0.3, -0.25) is 4.79 Å². The summed E-state index contributed by atoms with van der Waals surface area (Å²) in [6, 6.07) is -0.978. The van der Waals surface area contributed by atoms with E-state index in [1.165, 1.54) is 4.90 Å². The molecule has 6 nitrogen and oxygen atoms in total. The highest BCUT2D eigenvalue weighted by molar-refractivity contribution is 5.85. The summed E-state index contributed by atoms with van der Waals surface area (Å²) < 4.78 is 5.45. The molecule has 0 aromatic carbocycles. The van der Waals surface area contributed by atoms with Gasteiger partial charge in [-0.25, -0.2) is 4.79 Å². The minimum atomic E-state index is -1.08. The normalized spacial score (nSPS) is 22.3. The molecule has 1 rings (SSSR count). The summed E-state index contributed by atoms with van der Waals surface area (Å²) in [5.41, 5.74) is -0.452. The van der Waals surface area contributed by atoms with Crippen molar-refractivity contribution in [2.45, 2.75) is 38.8 Å². The molecule has 1 fully saturated rings. The first kappa shape index (κ1) is 14.9. The molecule has 18 heavy (non-hydrogen) atoms. The fourth-order valence-corrected chi connectivity index (χ4v) is 1.86. The van der Waals surface area contributed by atoms with Crippen molar-refractivity contribution >= 4 is 11.9 Å². The van der Waals surface area contributed by atoms with Gasteiger partial charge in [0.15, 0.2) is 6.04 Å². The van der Waals surface area contributed by atoms with Crippen LogP contribution in [0.2, 0.25) is 0 Å². The van der Waals surface area contributed by atoms with Gasteiger partial charge in [-0.05, 0) is 20.8 Å². The standard InChI is InChI=1S/C12H21NO5/c1-12(2,3)18-7-9(11(16)17)13-5-8(6-14)4-10(13)15/h8-9,14H,4-7H2,1-3H3,(H,16,17)/t8?,9-/m0/s1. The summed E-state index contributed by atoms with van der Waals surface area (Å²) in [4.78, 5) is 24.2. The molecule has 0 radical (unpaired) electrons. The smallest absolute Gasteiger partial charge is 0.328 e. The summed E-state index contributed by atoms with van der Waals surface area (Å²) in [6.45, 7) is 5.62. The number of carboxylic acid groups (broad SMARTS) is 1. The van der Waals surface area contributed by atoms with Crippen LogP contribution in [-0.2, 0) is 14.3 Å². The maximum absolute atomic E-state index is 11.7. The first-order valence-electron chi connectivity index (χ1n) is 6.01. The number of aliphatic hydroxyl groups excluding tert-OH is 1. The predicted octanol–water partition coefficient (Wildman–Crippen LogP) is 0.0955. The molecular formula is C12H21NO5. The monoisotopic (exact) mass is 259 g/mol. The quantitative estimate of drug-likeness (QED) is 0.731. The Labute approximate surface area is 107 Å². The highest BCUT2D eigenvalue weighted by Gasteiger charge is 2.38. The zero-order chi connectivity index (χ0) is 13.9. The second-order valence-electron chi connectivity index (χ2n) is 5.58. The Morgan fingerprint density at radius 2 is 2.17 bits per heavy atom. The molecule has 1 aliphatic heterocycles. The number of amides is 1. The van der Waals surface area contributed by atoms with E-state index in [9.17, 15) is 14.7 Å². The van der Waals surface area contributed by atoms with E-state index in [4.69, 9.17) is 9.84 Å². The number of rotatable bonds is 5. The maximum Gasteiger partial charge on any atom is 0.328 e. The van der Waals surface area contributed by atoms with Crippen LogP contribution < -0.4 is 0 Å². The summed E-state index contributed by atoms with van der Waals surface area (Å²) in [5, 5.41) is 18.2. The summed E-state index contributed by atoms with van der Waals surface area (Å²) in [5.74, 6) is -1.49. The number of carboxylic acids is 1. The molecule has 104 valence electrons. The summed E-state index contributed by atoms with van der Waals surface area (Å²) in [6.07, 6.45) is 0.204. The topological polar surface area (TPSA) is 87.1 Å². The van der Waals surface area contributed by atoms with Crippen LogP contribution in [0.25, 0.3) is 0 Å². The summed E-state index contributed by atoms with van der Waals surface area (Å²) in [7, 11) is 0. The molecule has 0 aliphatic carbocycles. The van der Waals surface area contributed by atoms with Crippen LogP contribution in [0, 0.1) is 5.92 Å². The third-order valence-electron chi connectivity index (χ3n) is 2.83. The average molecular weight is 259 g/mol. The Kier molecular flexibility index (Phi) is 4.70. The van der Waals surface area contributed by atoms with Crippen molar-refractivity contribution < 1.29 is 24.5 Å². The van der Waals surface area contributed by atoms with Gasteiger partial charge in [0.25, 0.3) is 0 Å². The molecule has 1 heterocycles. The lowest BCUT2D eigenvalue weighted by atomic mass is 10.1. The molecule has 0 aromatic heterocycles. The van der Waals surface area contributed by atoms with Gasteiger partial charge in [0.05, 0.1) is 12.2 Å². The molecule has 0 bridgehead atoms. The fraction of sp³-hybridized carbons (Fsp3) is 0.833. The van der Waals surface area contributed by atoms with Crippen molar-refractivity contribution in [1.29, 1.82) is 0 Å². The van der Waals surface area contributed by atoms with Gasteiger partial charge in [0.1, 0.15) is 0 Å². The second kappa shape index (κ2) is 5.67. The lowest BCUT2D eigenvalue weighted by molar-refractivity contribution is -0.153. The van der Waals surface area contributed by atoms with E-state index in [0.29, 0.717) is 0 Å². The van der Waals surface area contributed by atoms with Gasteiger partial charge in [0, 0.05) is 25.5 Å². The van der Waals surface area contributed by atoms with Crippen LogP contribution >= 0.6 is 0 Å². The van der Waals surface area contributed by atoms with E-state index < -0.39 is 17.6 Å². The Hall–Kier alpha value is -1.14. The van der Waals surface area contributed by atoms with Crippen LogP contribution in [0.4, 0.5) is 0 Å². The lowest BCUT2D eigenvalue weighted by Crippen LogP contribution is -2.46. The summed E-state index contributed by atoms with van der Waals surface area (Å²) >= 11 is 0. The van der Waals surface area contributed by atoms with Gasteiger partial charge in [0.2, 0.25) is 5.91 Å². The Balaban J connectivity index is 2.68. The fourth-order valence-electron chi connectivity index (χ4n) is 1.86. The van der Waals surface area contributed by atoms with Gasteiger partial charge < -0.3 is 19.8 Å². The molecule has 2 atom stereocenters. The zero-order valence-corrected chi connectivity index (χ0v) is 11.0. The van der Waals surface area contributed by atoms with Crippen molar-refractivity contribution in [3.8, 4) is 0 Å². The number of carbonyl (C=O) groups excluding carboxylic acids is 1. The number of aliphatic hydroxyl groups is 1. The van der Waals surface area contributed by atoms with Crippen molar-refractivity contribution in [2.75, 3.05) is 19.8 Å². The number of nitrogens with zero attached hydrogens (tertiary/aromatic N) is 1. The SMILES string of the molecule is CC(C)(C)OC[C@@H](C(=O)O)N1CC(CO)CC1=O. The van der Waals surface area contributed by atoms with Gasteiger partial charge in [-0.1, -0.05) is 0 Å². The third kappa shape index (κ3) is 3.96. The number of hydrogen-bond donors (Lipinski definition) is 2. The van der Waals surface area contributed by atoms with E-state index >= 15 is 0 Å². The van der Waals surface area contributed by atoms with Crippen LogP contribution in [-0.4, -0.2) is 58.4 Å². The molecule has 1 unspecified atom stereocenters. The molecule has 0 saturated carbocycles. The largest absolute Gasteiger partial charge is 0.480 e. The number of aliphatic carboxylic acids is 1. The highest BCUT2D eigenvalue weighted by Crippen LogP contribution is 2.21. The minimum Gasteiger partial charge on any atom is -0.480 e. The minimum absolute atomic E-state index is 0.0390. The number of likely N-dealkylation sites (tertiary alicyclic amines) is 1. The van der Waals surface area contributed by atoms with Gasteiger partial charge in [-0.2, -0.15) is 0 Å².